The van der Waals surface area contributed by atoms with E-state index >= 15 is 0 Å². The number of unbranched alkanes of at least 4 members (excludes halogenated alkanes) is 1. The van der Waals surface area contributed by atoms with Crippen LogP contribution in [0.15, 0.2) is 40.0 Å². The van der Waals surface area contributed by atoms with Crippen molar-refractivity contribution in [2.45, 2.75) is 58.5 Å². The Morgan fingerprint density at radius 2 is 2.03 bits per heavy atom. The third-order valence-corrected chi connectivity index (χ3v) is 5.35. The van der Waals surface area contributed by atoms with Crippen molar-refractivity contribution in [3.8, 4) is 0 Å². The number of likely N-dealkylation sites (tertiary alicyclic amines) is 1. The Labute approximate surface area is 170 Å². The summed E-state index contributed by atoms with van der Waals surface area (Å²) >= 11 is 0. The van der Waals surface area contributed by atoms with Gasteiger partial charge in [0.1, 0.15) is 16.9 Å². The molecule has 0 spiro atoms. The molecule has 0 aromatic carbocycles. The topological polar surface area (TPSA) is 84.6 Å². The van der Waals surface area contributed by atoms with Gasteiger partial charge in [-0.25, -0.2) is 0 Å². The Bertz CT molecular complexity index is 901. The number of pyridine rings is 1. The first kappa shape index (κ1) is 20.9. The van der Waals surface area contributed by atoms with Gasteiger partial charge in [-0.1, -0.05) is 13.3 Å². The Balaban J connectivity index is 1.96. The van der Waals surface area contributed by atoms with Crippen molar-refractivity contribution in [3.63, 3.8) is 0 Å². The maximum Gasteiger partial charge on any atom is 0.259 e. The minimum absolute atomic E-state index is 0.0110. The number of carbonyl (C=O) groups excluding carboxylic acids is 2. The summed E-state index contributed by atoms with van der Waals surface area (Å²) in [6, 6.07) is 3.67. The summed E-state index contributed by atoms with van der Waals surface area (Å²) in [6.45, 7) is 5.48. The van der Waals surface area contributed by atoms with Gasteiger partial charge >= 0.3 is 0 Å². The van der Waals surface area contributed by atoms with Crippen LogP contribution in [0, 0.1) is 0 Å². The van der Waals surface area contributed by atoms with Gasteiger partial charge in [0.05, 0.1) is 12.8 Å². The number of piperidine rings is 1. The lowest BCUT2D eigenvalue weighted by Crippen LogP contribution is -2.44. The zero-order valence-corrected chi connectivity index (χ0v) is 17.1. The quantitative estimate of drug-likeness (QED) is 0.726. The number of hydrogen-bond acceptors (Lipinski definition) is 4. The third kappa shape index (κ3) is 4.96. The van der Waals surface area contributed by atoms with E-state index in [0.29, 0.717) is 25.4 Å². The van der Waals surface area contributed by atoms with Crippen LogP contribution in [0.3, 0.4) is 0 Å². The number of nitrogens with one attached hydrogen (secondary N) is 1. The number of rotatable bonds is 7. The van der Waals surface area contributed by atoms with Crippen molar-refractivity contribution in [2.75, 3.05) is 13.1 Å². The SMILES string of the molecule is CCCCNC(=O)c1cn(Cc2ccco2)cc(C(=O)N2CCCCC2C)c1=O. The molecule has 2 aromatic rings. The lowest BCUT2D eigenvalue weighted by molar-refractivity contribution is 0.0633. The van der Waals surface area contributed by atoms with Crippen LogP contribution in [-0.2, 0) is 6.54 Å². The first-order chi connectivity index (χ1) is 14.0. The number of carbonyl (C=O) groups is 2. The molecule has 7 nitrogen and oxygen atoms in total. The highest BCUT2D eigenvalue weighted by molar-refractivity contribution is 5.99. The maximum atomic E-state index is 13.2. The average molecular weight is 399 g/mol. The molecule has 0 saturated carbocycles. The van der Waals surface area contributed by atoms with E-state index in [1.165, 1.54) is 12.4 Å². The first-order valence-electron chi connectivity index (χ1n) is 10.4. The Morgan fingerprint density at radius 3 is 2.72 bits per heavy atom. The molecular weight excluding hydrogens is 370 g/mol. The average Bonchev–Trinajstić information content (AvgIpc) is 3.22. The Morgan fingerprint density at radius 1 is 1.24 bits per heavy atom. The molecule has 2 amide bonds. The number of furan rings is 1. The molecular formula is C22H29N3O4. The summed E-state index contributed by atoms with van der Waals surface area (Å²) in [4.78, 5) is 40.6. The van der Waals surface area contributed by atoms with Crippen LogP contribution >= 0.6 is 0 Å². The van der Waals surface area contributed by atoms with E-state index in [2.05, 4.69) is 5.32 Å². The van der Waals surface area contributed by atoms with Crippen molar-refractivity contribution in [2.24, 2.45) is 0 Å². The second-order valence-corrected chi connectivity index (χ2v) is 7.62. The summed E-state index contributed by atoms with van der Waals surface area (Å²) in [5.74, 6) is -0.0766. The van der Waals surface area contributed by atoms with Crippen molar-refractivity contribution in [1.29, 1.82) is 0 Å². The molecule has 7 heteroatoms. The van der Waals surface area contributed by atoms with Gasteiger partial charge in [-0.15, -0.1) is 0 Å². The van der Waals surface area contributed by atoms with E-state index < -0.39 is 11.3 Å². The predicted octanol–water partition coefficient (Wildman–Crippen LogP) is 3.03. The summed E-state index contributed by atoms with van der Waals surface area (Å²) in [6.07, 6.45) is 9.30. The van der Waals surface area contributed by atoms with E-state index in [0.717, 1.165) is 32.1 Å². The molecule has 1 aliphatic heterocycles. The van der Waals surface area contributed by atoms with Crippen molar-refractivity contribution in [1.82, 2.24) is 14.8 Å². The minimum Gasteiger partial charge on any atom is -0.467 e. The van der Waals surface area contributed by atoms with Crippen LogP contribution in [0.25, 0.3) is 0 Å². The number of aromatic nitrogens is 1. The van der Waals surface area contributed by atoms with Crippen molar-refractivity contribution < 1.29 is 14.0 Å². The van der Waals surface area contributed by atoms with Crippen LogP contribution in [0.4, 0.5) is 0 Å². The predicted molar refractivity (Wildman–Crippen MR) is 110 cm³/mol. The van der Waals surface area contributed by atoms with Crippen molar-refractivity contribution >= 4 is 11.8 Å². The fraction of sp³-hybridized carbons (Fsp3) is 0.500. The smallest absolute Gasteiger partial charge is 0.259 e. The molecule has 1 unspecified atom stereocenters. The highest BCUT2D eigenvalue weighted by atomic mass is 16.3. The second-order valence-electron chi connectivity index (χ2n) is 7.62. The van der Waals surface area contributed by atoms with Gasteiger partial charge in [-0.2, -0.15) is 0 Å². The van der Waals surface area contributed by atoms with Crippen LogP contribution in [0.5, 0.6) is 0 Å². The second kappa shape index (κ2) is 9.58. The van der Waals surface area contributed by atoms with Gasteiger partial charge < -0.3 is 19.2 Å². The highest BCUT2D eigenvalue weighted by Crippen LogP contribution is 2.18. The van der Waals surface area contributed by atoms with Gasteiger partial charge in [0.15, 0.2) is 0 Å². The molecule has 29 heavy (non-hydrogen) atoms. The normalized spacial score (nSPS) is 16.6. The Hall–Kier alpha value is -2.83. The van der Waals surface area contributed by atoms with Crippen LogP contribution in [-0.4, -0.2) is 40.4 Å². The molecule has 0 radical (unpaired) electrons. The maximum absolute atomic E-state index is 13.2. The highest BCUT2D eigenvalue weighted by Gasteiger charge is 2.28. The molecule has 1 aliphatic rings. The zero-order valence-electron chi connectivity index (χ0n) is 17.1. The van der Waals surface area contributed by atoms with Crippen molar-refractivity contribution in [3.05, 3.63) is 57.9 Å². The van der Waals surface area contributed by atoms with E-state index in [4.69, 9.17) is 4.42 Å². The molecule has 156 valence electrons. The van der Waals surface area contributed by atoms with Gasteiger partial charge in [-0.3, -0.25) is 14.4 Å². The molecule has 1 saturated heterocycles. The van der Waals surface area contributed by atoms with E-state index in [1.807, 2.05) is 19.9 Å². The lowest BCUT2D eigenvalue weighted by Gasteiger charge is -2.33. The van der Waals surface area contributed by atoms with Gasteiger partial charge in [0.25, 0.3) is 11.8 Å². The molecule has 3 heterocycles. The van der Waals surface area contributed by atoms with E-state index in [1.54, 1.807) is 21.8 Å². The molecule has 1 fully saturated rings. The van der Waals surface area contributed by atoms with Gasteiger partial charge in [0, 0.05) is 31.5 Å². The molecule has 0 bridgehead atoms. The number of hydrogen-bond donors (Lipinski definition) is 1. The first-order valence-corrected chi connectivity index (χ1v) is 10.4. The lowest BCUT2D eigenvalue weighted by atomic mass is 10.0. The van der Waals surface area contributed by atoms with Gasteiger partial charge in [-0.05, 0) is 44.7 Å². The summed E-state index contributed by atoms with van der Waals surface area (Å²) in [5, 5.41) is 2.78. The van der Waals surface area contributed by atoms with E-state index in [-0.39, 0.29) is 23.1 Å². The fourth-order valence-corrected chi connectivity index (χ4v) is 3.65. The number of nitrogens with zero attached hydrogens (tertiary/aromatic N) is 2. The summed E-state index contributed by atoms with van der Waals surface area (Å²) in [5.41, 5.74) is -0.492. The standard InChI is InChI=1S/C22H29N3O4/c1-3-4-10-23-21(27)18-14-24(13-17-9-7-12-29-17)15-19(20(18)26)22(28)25-11-6-5-8-16(25)2/h7,9,12,14-16H,3-6,8,10-11,13H2,1-2H3,(H,23,27). The minimum atomic E-state index is -0.516. The molecule has 3 rings (SSSR count). The molecule has 2 aromatic heterocycles. The van der Waals surface area contributed by atoms with Gasteiger partial charge in [0.2, 0.25) is 5.43 Å². The van der Waals surface area contributed by atoms with Crippen LogP contribution in [0.1, 0.15) is 72.4 Å². The zero-order chi connectivity index (χ0) is 20.8. The molecule has 1 N–H and O–H groups in total. The summed E-state index contributed by atoms with van der Waals surface area (Å²) in [7, 11) is 0. The fourth-order valence-electron chi connectivity index (χ4n) is 3.65. The number of amides is 2. The monoisotopic (exact) mass is 399 g/mol. The Kier molecular flexibility index (Phi) is 6.90. The van der Waals surface area contributed by atoms with Crippen LogP contribution < -0.4 is 10.7 Å². The largest absolute Gasteiger partial charge is 0.467 e. The third-order valence-electron chi connectivity index (χ3n) is 5.35. The van der Waals surface area contributed by atoms with E-state index in [9.17, 15) is 14.4 Å². The van der Waals surface area contributed by atoms with Crippen LogP contribution in [0.2, 0.25) is 0 Å². The summed E-state index contributed by atoms with van der Waals surface area (Å²) < 4.78 is 7.06. The molecule has 0 aliphatic carbocycles. The molecule has 1 atom stereocenters.